The lowest BCUT2D eigenvalue weighted by Crippen LogP contribution is -2.48. The Labute approximate surface area is 183 Å². The van der Waals surface area contributed by atoms with Crippen LogP contribution in [0.15, 0.2) is 24.3 Å². The van der Waals surface area contributed by atoms with E-state index in [1.165, 1.54) is 16.5 Å². The second-order valence-corrected chi connectivity index (χ2v) is 9.60. The molecule has 162 valence electrons. The van der Waals surface area contributed by atoms with Gasteiger partial charge in [-0.15, -0.1) is 11.3 Å². The third-order valence-electron chi connectivity index (χ3n) is 6.72. The molecule has 2 amide bonds. The van der Waals surface area contributed by atoms with Gasteiger partial charge in [0, 0.05) is 50.4 Å². The lowest BCUT2D eigenvalue weighted by Gasteiger charge is -2.34. The monoisotopic (exact) mass is 427 g/mol. The summed E-state index contributed by atoms with van der Waals surface area (Å²) >= 11 is 1.63. The second kappa shape index (κ2) is 9.48. The predicted octanol–water partition coefficient (Wildman–Crippen LogP) is 4.01. The lowest BCUT2D eigenvalue weighted by atomic mass is 9.97. The number of nitrogens with zero attached hydrogens (tertiary/aromatic N) is 3. The van der Waals surface area contributed by atoms with E-state index >= 15 is 0 Å². The van der Waals surface area contributed by atoms with Crippen LogP contribution in [0.1, 0.15) is 54.8 Å². The van der Waals surface area contributed by atoms with E-state index in [0.717, 1.165) is 75.4 Å². The molecule has 4 rings (SSSR count). The maximum absolute atomic E-state index is 13.5. The fourth-order valence-corrected chi connectivity index (χ4v) is 6.13. The van der Waals surface area contributed by atoms with E-state index in [2.05, 4.69) is 30.0 Å². The summed E-state index contributed by atoms with van der Waals surface area (Å²) in [5.41, 5.74) is 1.15. The van der Waals surface area contributed by atoms with E-state index in [1.54, 1.807) is 18.3 Å². The van der Waals surface area contributed by atoms with E-state index in [9.17, 15) is 9.59 Å². The minimum Gasteiger partial charge on any atom is -0.340 e. The molecule has 2 aromatic rings. The Morgan fingerprint density at radius 1 is 1.03 bits per heavy atom. The fourth-order valence-electron chi connectivity index (χ4n) is 4.92. The van der Waals surface area contributed by atoms with Gasteiger partial charge >= 0.3 is 0 Å². The molecule has 1 unspecified atom stereocenters. The topological polar surface area (TPSA) is 43.9 Å². The molecule has 1 atom stereocenters. The second-order valence-electron chi connectivity index (χ2n) is 8.55. The number of hydrogen-bond acceptors (Lipinski definition) is 4. The molecule has 6 heteroatoms. The summed E-state index contributed by atoms with van der Waals surface area (Å²) in [5, 5.41) is 1.19. The number of likely N-dealkylation sites (tertiary alicyclic amines) is 1. The molecule has 0 N–H and O–H groups in total. The van der Waals surface area contributed by atoms with Gasteiger partial charge in [-0.05, 0) is 42.8 Å². The highest BCUT2D eigenvalue weighted by Crippen LogP contribution is 2.35. The van der Waals surface area contributed by atoms with Crippen LogP contribution in [0.25, 0.3) is 10.1 Å². The molecule has 2 saturated heterocycles. The molecule has 0 spiro atoms. The Bertz CT molecular complexity index is 901. The van der Waals surface area contributed by atoms with Crippen LogP contribution in [-0.2, 0) is 11.2 Å². The van der Waals surface area contributed by atoms with Gasteiger partial charge in [0.2, 0.25) is 5.91 Å². The molecule has 5 nitrogen and oxygen atoms in total. The Balaban J connectivity index is 1.65. The number of amides is 2. The van der Waals surface area contributed by atoms with E-state index < -0.39 is 0 Å². The molecule has 0 aliphatic carbocycles. The molecule has 0 bridgehead atoms. The Morgan fingerprint density at radius 3 is 2.53 bits per heavy atom. The van der Waals surface area contributed by atoms with E-state index in [1.807, 2.05) is 15.9 Å². The van der Waals surface area contributed by atoms with Gasteiger partial charge in [-0.3, -0.25) is 9.59 Å². The predicted molar refractivity (Wildman–Crippen MR) is 123 cm³/mol. The fraction of sp³-hybridized carbons (Fsp3) is 0.583. The highest BCUT2D eigenvalue weighted by molar-refractivity contribution is 7.21. The minimum absolute atomic E-state index is 0.157. The normalized spacial score (nSPS) is 21.1. The molecular weight excluding hydrogens is 394 g/mol. The Hall–Kier alpha value is -1.92. The standard InChI is InChI=1S/C24H33N3O2S/c1-3-25-13-15-26(16-14-25)24(29)23-21(20-10-6-7-11-22(20)30-23)17-19-9-5-4-8-12-27(19)18(2)28/h6-7,10-11,19H,3-5,8-9,12-17H2,1-2H3. The van der Waals surface area contributed by atoms with Crippen molar-refractivity contribution in [2.45, 2.75) is 52.0 Å². The zero-order valence-corrected chi connectivity index (χ0v) is 19.0. The SMILES string of the molecule is CCN1CCN(C(=O)c2sc3ccccc3c2CC2CCCCCN2C(C)=O)CC1. The minimum atomic E-state index is 0.157. The molecule has 2 fully saturated rings. The molecule has 0 saturated carbocycles. The molecule has 2 aliphatic rings. The highest BCUT2D eigenvalue weighted by atomic mass is 32.1. The molecule has 1 aromatic heterocycles. The Morgan fingerprint density at radius 2 is 1.80 bits per heavy atom. The van der Waals surface area contributed by atoms with Crippen molar-refractivity contribution >= 4 is 33.2 Å². The van der Waals surface area contributed by atoms with Gasteiger partial charge in [-0.2, -0.15) is 0 Å². The van der Waals surface area contributed by atoms with Crippen LogP contribution < -0.4 is 0 Å². The van der Waals surface area contributed by atoms with Crippen LogP contribution >= 0.6 is 11.3 Å². The molecule has 30 heavy (non-hydrogen) atoms. The number of hydrogen-bond donors (Lipinski definition) is 0. The maximum Gasteiger partial charge on any atom is 0.264 e. The first-order chi connectivity index (χ1) is 14.6. The largest absolute Gasteiger partial charge is 0.340 e. The first-order valence-electron chi connectivity index (χ1n) is 11.4. The number of likely N-dealkylation sites (N-methyl/N-ethyl adjacent to an activating group) is 1. The number of piperazine rings is 1. The zero-order valence-electron chi connectivity index (χ0n) is 18.2. The van der Waals surface area contributed by atoms with Gasteiger partial charge in [-0.25, -0.2) is 0 Å². The van der Waals surface area contributed by atoms with Crippen molar-refractivity contribution in [3.8, 4) is 0 Å². The number of rotatable bonds is 4. The summed E-state index contributed by atoms with van der Waals surface area (Å²) < 4.78 is 1.17. The van der Waals surface area contributed by atoms with Gasteiger partial charge in [-0.1, -0.05) is 38.0 Å². The first-order valence-corrected chi connectivity index (χ1v) is 12.2. The van der Waals surface area contributed by atoms with Gasteiger partial charge in [0.1, 0.15) is 0 Å². The average Bonchev–Trinajstić information content (AvgIpc) is 2.95. The third-order valence-corrected chi connectivity index (χ3v) is 7.92. The van der Waals surface area contributed by atoms with E-state index in [0.29, 0.717) is 0 Å². The van der Waals surface area contributed by atoms with Crippen molar-refractivity contribution in [3.05, 3.63) is 34.7 Å². The van der Waals surface area contributed by atoms with Crippen molar-refractivity contribution < 1.29 is 9.59 Å². The molecule has 2 aliphatic heterocycles. The van der Waals surface area contributed by atoms with Crippen LogP contribution in [-0.4, -0.2) is 71.8 Å². The van der Waals surface area contributed by atoms with Crippen molar-refractivity contribution in [2.24, 2.45) is 0 Å². The average molecular weight is 428 g/mol. The van der Waals surface area contributed by atoms with Crippen molar-refractivity contribution in [3.63, 3.8) is 0 Å². The number of thiophene rings is 1. The van der Waals surface area contributed by atoms with Crippen molar-refractivity contribution in [2.75, 3.05) is 39.3 Å². The summed E-state index contributed by atoms with van der Waals surface area (Å²) in [5.74, 6) is 0.329. The quantitative estimate of drug-likeness (QED) is 0.740. The molecular formula is C24H33N3O2S. The van der Waals surface area contributed by atoms with Crippen molar-refractivity contribution in [1.29, 1.82) is 0 Å². The van der Waals surface area contributed by atoms with E-state index in [-0.39, 0.29) is 17.9 Å². The summed E-state index contributed by atoms with van der Waals surface area (Å²) in [4.78, 5) is 33.2. The highest BCUT2D eigenvalue weighted by Gasteiger charge is 2.30. The number of carbonyl (C=O) groups is 2. The van der Waals surface area contributed by atoms with Crippen LogP contribution in [0, 0.1) is 0 Å². The number of benzene rings is 1. The maximum atomic E-state index is 13.5. The number of fused-ring (bicyclic) bond motifs is 1. The summed E-state index contributed by atoms with van der Waals surface area (Å²) in [6, 6.07) is 8.55. The third kappa shape index (κ3) is 4.40. The van der Waals surface area contributed by atoms with E-state index in [4.69, 9.17) is 0 Å². The van der Waals surface area contributed by atoms with Crippen LogP contribution in [0.4, 0.5) is 0 Å². The van der Waals surface area contributed by atoms with Crippen LogP contribution in [0.3, 0.4) is 0 Å². The molecule has 3 heterocycles. The zero-order chi connectivity index (χ0) is 21.1. The summed E-state index contributed by atoms with van der Waals surface area (Å²) in [6.07, 6.45) is 5.21. The van der Waals surface area contributed by atoms with Gasteiger partial charge in [0.15, 0.2) is 0 Å². The smallest absolute Gasteiger partial charge is 0.264 e. The van der Waals surface area contributed by atoms with Crippen molar-refractivity contribution in [1.82, 2.24) is 14.7 Å². The summed E-state index contributed by atoms with van der Waals surface area (Å²) in [6.45, 7) is 9.22. The summed E-state index contributed by atoms with van der Waals surface area (Å²) in [7, 11) is 0. The van der Waals surface area contributed by atoms with Crippen LogP contribution in [0.5, 0.6) is 0 Å². The van der Waals surface area contributed by atoms with Gasteiger partial charge in [0.05, 0.1) is 4.88 Å². The lowest BCUT2D eigenvalue weighted by molar-refractivity contribution is -0.131. The van der Waals surface area contributed by atoms with Gasteiger partial charge in [0.25, 0.3) is 5.91 Å². The van der Waals surface area contributed by atoms with Crippen LogP contribution in [0.2, 0.25) is 0 Å². The number of carbonyl (C=O) groups excluding carboxylic acids is 2. The first kappa shape index (κ1) is 21.3. The molecule has 1 aromatic carbocycles. The van der Waals surface area contributed by atoms with Gasteiger partial charge < -0.3 is 14.7 Å². The molecule has 0 radical (unpaired) electrons. The Kier molecular flexibility index (Phi) is 6.74.